The maximum Gasteiger partial charge on any atom is 0.138 e. The second-order valence-corrected chi connectivity index (χ2v) is 4.71. The molecule has 2 atom stereocenters. The molecule has 2 nitrogen and oxygen atoms in total. The monoisotopic (exact) mass is 218 g/mol. The molecule has 1 fully saturated rings. The van der Waals surface area contributed by atoms with Crippen LogP contribution < -0.4 is 5.73 Å². The Bertz CT molecular complexity index is 519. The maximum absolute atomic E-state index is 14.8. The van der Waals surface area contributed by atoms with Crippen LogP contribution in [0.2, 0.25) is 0 Å². The lowest BCUT2D eigenvalue weighted by atomic mass is 9.91. The number of fused-ring (bicyclic) bond motifs is 1. The van der Waals surface area contributed by atoms with E-state index in [4.69, 9.17) is 5.73 Å². The van der Waals surface area contributed by atoms with Crippen LogP contribution in [0.15, 0.2) is 30.5 Å². The van der Waals surface area contributed by atoms with E-state index in [0.29, 0.717) is 12.8 Å². The molecule has 3 N–H and O–H groups in total. The predicted octanol–water partition coefficient (Wildman–Crippen LogP) is 2.84. The highest BCUT2D eigenvalue weighted by Crippen LogP contribution is 2.44. The van der Waals surface area contributed by atoms with Crippen molar-refractivity contribution < 1.29 is 4.39 Å². The molecule has 0 amide bonds. The first-order valence-corrected chi connectivity index (χ1v) is 5.70. The van der Waals surface area contributed by atoms with Gasteiger partial charge in [-0.2, -0.15) is 0 Å². The third-order valence-corrected chi connectivity index (χ3v) is 3.57. The zero-order valence-electron chi connectivity index (χ0n) is 9.04. The first-order chi connectivity index (χ1) is 7.69. The quantitative estimate of drug-likeness (QED) is 0.759. The SMILES string of the molecule is NC1CCC(F)(c2cccc3[nH]ccc23)C1. The highest BCUT2D eigenvalue weighted by molar-refractivity contribution is 5.83. The van der Waals surface area contributed by atoms with E-state index in [1.807, 2.05) is 30.5 Å². The van der Waals surface area contributed by atoms with Crippen LogP contribution in [0.25, 0.3) is 10.9 Å². The molecule has 3 heteroatoms. The molecule has 1 aliphatic carbocycles. The second kappa shape index (κ2) is 3.32. The number of nitrogens with one attached hydrogen (secondary N) is 1. The summed E-state index contributed by atoms with van der Waals surface area (Å²) in [5.41, 5.74) is 6.37. The molecule has 2 aromatic rings. The van der Waals surface area contributed by atoms with E-state index in [1.165, 1.54) is 0 Å². The molecule has 1 aliphatic rings. The minimum absolute atomic E-state index is 0.000743. The van der Waals surface area contributed by atoms with Crippen molar-refractivity contribution in [3.63, 3.8) is 0 Å². The first-order valence-electron chi connectivity index (χ1n) is 5.70. The number of aromatic amines is 1. The standard InChI is InChI=1S/C13H15FN2/c14-13(6-4-9(15)8-13)11-2-1-3-12-10(11)5-7-16-12/h1-3,5,7,9,16H,4,6,8,15H2. The lowest BCUT2D eigenvalue weighted by Gasteiger charge is -2.20. The summed E-state index contributed by atoms with van der Waals surface area (Å²) in [4.78, 5) is 3.11. The van der Waals surface area contributed by atoms with Gasteiger partial charge in [0, 0.05) is 29.6 Å². The van der Waals surface area contributed by atoms with Gasteiger partial charge in [-0.1, -0.05) is 12.1 Å². The molecule has 0 radical (unpaired) electrons. The van der Waals surface area contributed by atoms with Crippen LogP contribution in [0, 0.1) is 0 Å². The van der Waals surface area contributed by atoms with Gasteiger partial charge in [-0.25, -0.2) is 4.39 Å². The summed E-state index contributed by atoms with van der Waals surface area (Å²) in [5, 5.41) is 0.985. The Morgan fingerprint density at radius 1 is 1.38 bits per heavy atom. The summed E-state index contributed by atoms with van der Waals surface area (Å²) < 4.78 is 14.8. The number of nitrogens with two attached hydrogens (primary N) is 1. The van der Waals surface area contributed by atoms with Crippen molar-refractivity contribution in [3.05, 3.63) is 36.0 Å². The fourth-order valence-corrected chi connectivity index (χ4v) is 2.75. The van der Waals surface area contributed by atoms with Crippen LogP contribution in [-0.4, -0.2) is 11.0 Å². The number of hydrogen-bond donors (Lipinski definition) is 2. The molecule has 0 aliphatic heterocycles. The summed E-state index contributed by atoms with van der Waals surface area (Å²) >= 11 is 0. The van der Waals surface area contributed by atoms with Crippen LogP contribution in [0.3, 0.4) is 0 Å². The lowest BCUT2D eigenvalue weighted by molar-refractivity contribution is 0.174. The largest absolute Gasteiger partial charge is 0.361 e. The van der Waals surface area contributed by atoms with Gasteiger partial charge >= 0.3 is 0 Å². The average molecular weight is 218 g/mol. The summed E-state index contributed by atoms with van der Waals surface area (Å²) in [6.07, 6.45) is 3.61. The Balaban J connectivity index is 2.15. The maximum atomic E-state index is 14.8. The molecule has 16 heavy (non-hydrogen) atoms. The highest BCUT2D eigenvalue weighted by Gasteiger charge is 2.40. The molecule has 3 rings (SSSR count). The molecule has 1 heterocycles. The highest BCUT2D eigenvalue weighted by atomic mass is 19.1. The predicted molar refractivity (Wildman–Crippen MR) is 62.9 cm³/mol. The van der Waals surface area contributed by atoms with Gasteiger partial charge in [0.15, 0.2) is 0 Å². The third kappa shape index (κ3) is 1.35. The van der Waals surface area contributed by atoms with Gasteiger partial charge in [-0.3, -0.25) is 0 Å². The lowest BCUT2D eigenvalue weighted by Crippen LogP contribution is -2.21. The number of hydrogen-bond acceptors (Lipinski definition) is 1. The molecular weight excluding hydrogens is 203 g/mol. The molecule has 0 bridgehead atoms. The molecular formula is C13H15FN2. The minimum Gasteiger partial charge on any atom is -0.361 e. The van der Waals surface area contributed by atoms with Gasteiger partial charge in [0.1, 0.15) is 5.67 Å². The molecule has 0 spiro atoms. The van der Waals surface area contributed by atoms with Gasteiger partial charge in [0.25, 0.3) is 0 Å². The summed E-state index contributed by atoms with van der Waals surface area (Å²) in [6, 6.07) is 7.69. The van der Waals surface area contributed by atoms with Crippen LogP contribution in [0.5, 0.6) is 0 Å². The Labute approximate surface area is 93.6 Å². The van der Waals surface area contributed by atoms with E-state index in [-0.39, 0.29) is 6.04 Å². The molecule has 1 aromatic heterocycles. The molecule has 1 aromatic carbocycles. The van der Waals surface area contributed by atoms with Crippen molar-refractivity contribution in [2.45, 2.75) is 31.0 Å². The van der Waals surface area contributed by atoms with Crippen molar-refractivity contribution in [2.24, 2.45) is 5.73 Å². The van der Waals surface area contributed by atoms with Gasteiger partial charge < -0.3 is 10.7 Å². The Morgan fingerprint density at radius 3 is 3.00 bits per heavy atom. The smallest absolute Gasteiger partial charge is 0.138 e. The van der Waals surface area contributed by atoms with Gasteiger partial charge in [-0.15, -0.1) is 0 Å². The topological polar surface area (TPSA) is 41.8 Å². The van der Waals surface area contributed by atoms with E-state index >= 15 is 0 Å². The van der Waals surface area contributed by atoms with E-state index in [1.54, 1.807) is 0 Å². The fourth-order valence-electron chi connectivity index (χ4n) is 2.75. The van der Waals surface area contributed by atoms with E-state index in [2.05, 4.69) is 4.98 Å². The van der Waals surface area contributed by atoms with E-state index in [9.17, 15) is 4.39 Å². The van der Waals surface area contributed by atoms with Gasteiger partial charge in [0.05, 0.1) is 0 Å². The van der Waals surface area contributed by atoms with Crippen LogP contribution in [-0.2, 0) is 5.67 Å². The Morgan fingerprint density at radius 2 is 2.25 bits per heavy atom. The van der Waals surface area contributed by atoms with Crippen molar-refractivity contribution in [1.82, 2.24) is 4.98 Å². The van der Waals surface area contributed by atoms with Crippen LogP contribution in [0.1, 0.15) is 24.8 Å². The number of rotatable bonds is 1. The van der Waals surface area contributed by atoms with E-state index in [0.717, 1.165) is 22.9 Å². The van der Waals surface area contributed by atoms with Crippen molar-refractivity contribution in [2.75, 3.05) is 0 Å². The fraction of sp³-hybridized carbons (Fsp3) is 0.385. The third-order valence-electron chi connectivity index (χ3n) is 3.57. The zero-order valence-corrected chi connectivity index (χ0v) is 9.04. The normalized spacial score (nSPS) is 30.0. The number of aromatic nitrogens is 1. The molecule has 0 saturated heterocycles. The first kappa shape index (κ1) is 9.85. The van der Waals surface area contributed by atoms with Crippen molar-refractivity contribution in [3.8, 4) is 0 Å². The van der Waals surface area contributed by atoms with Gasteiger partial charge in [-0.05, 0) is 30.5 Å². The Hall–Kier alpha value is -1.35. The number of H-pyrrole nitrogens is 1. The summed E-state index contributed by atoms with van der Waals surface area (Å²) in [6.45, 7) is 0. The van der Waals surface area contributed by atoms with Gasteiger partial charge in [0.2, 0.25) is 0 Å². The van der Waals surface area contributed by atoms with Crippen molar-refractivity contribution in [1.29, 1.82) is 0 Å². The molecule has 2 unspecified atom stereocenters. The van der Waals surface area contributed by atoms with E-state index < -0.39 is 5.67 Å². The second-order valence-electron chi connectivity index (χ2n) is 4.71. The zero-order chi connectivity index (χ0) is 11.2. The number of halogens is 1. The minimum atomic E-state index is -1.23. The molecule has 1 saturated carbocycles. The molecule has 84 valence electrons. The number of alkyl halides is 1. The summed E-state index contributed by atoms with van der Waals surface area (Å²) in [7, 11) is 0. The average Bonchev–Trinajstić information content (AvgIpc) is 2.85. The van der Waals surface area contributed by atoms with Crippen LogP contribution >= 0.6 is 0 Å². The van der Waals surface area contributed by atoms with Crippen LogP contribution in [0.4, 0.5) is 4.39 Å². The van der Waals surface area contributed by atoms with Crippen molar-refractivity contribution >= 4 is 10.9 Å². The number of benzene rings is 1. The Kier molecular flexibility index (Phi) is 2.04. The summed E-state index contributed by atoms with van der Waals surface area (Å²) in [5.74, 6) is 0.